The van der Waals surface area contributed by atoms with Crippen LogP contribution in [-0.4, -0.2) is 32.0 Å². The maximum atomic E-state index is 12.5. The fourth-order valence-electron chi connectivity index (χ4n) is 3.97. The molecule has 4 rings (SSSR count). The molecule has 0 bridgehead atoms. The van der Waals surface area contributed by atoms with Gasteiger partial charge in [-0.05, 0) is 30.5 Å². The van der Waals surface area contributed by atoms with Gasteiger partial charge in [0, 0.05) is 17.8 Å². The van der Waals surface area contributed by atoms with Crippen molar-refractivity contribution in [2.45, 2.75) is 40.3 Å². The van der Waals surface area contributed by atoms with Crippen LogP contribution in [0, 0.1) is 5.41 Å². The van der Waals surface area contributed by atoms with Crippen LogP contribution in [0.5, 0.6) is 5.75 Å². The molecule has 156 valence electrons. The lowest BCUT2D eigenvalue weighted by atomic mass is 9.85. The zero-order chi connectivity index (χ0) is 21.6. The van der Waals surface area contributed by atoms with E-state index in [-0.39, 0.29) is 17.0 Å². The average molecular weight is 407 g/mol. The van der Waals surface area contributed by atoms with E-state index in [1.165, 1.54) is 12.3 Å². The molecule has 3 heterocycles. The Hall–Kier alpha value is -3.35. The highest BCUT2D eigenvalue weighted by atomic mass is 16.5. The van der Waals surface area contributed by atoms with Crippen LogP contribution in [0.3, 0.4) is 0 Å². The molecule has 1 aromatic carbocycles. The van der Waals surface area contributed by atoms with Crippen LogP contribution in [0.2, 0.25) is 0 Å². The van der Waals surface area contributed by atoms with Gasteiger partial charge in [0.15, 0.2) is 5.43 Å². The molecule has 1 N–H and O–H groups in total. The third-order valence-electron chi connectivity index (χ3n) is 5.50. The van der Waals surface area contributed by atoms with Gasteiger partial charge in [-0.2, -0.15) is 5.10 Å². The highest BCUT2D eigenvalue weighted by molar-refractivity contribution is 5.87. The van der Waals surface area contributed by atoms with Gasteiger partial charge >= 0.3 is 5.97 Å². The summed E-state index contributed by atoms with van der Waals surface area (Å²) in [6, 6.07) is 11.0. The van der Waals surface area contributed by atoms with E-state index in [2.05, 4.69) is 20.8 Å². The zero-order valence-electron chi connectivity index (χ0n) is 17.5. The minimum atomic E-state index is -1.21. The molecule has 0 saturated heterocycles. The van der Waals surface area contributed by atoms with Crippen LogP contribution < -0.4 is 10.2 Å². The summed E-state index contributed by atoms with van der Waals surface area (Å²) >= 11 is 0. The molecule has 30 heavy (non-hydrogen) atoms. The number of benzene rings is 1. The average Bonchev–Trinajstić information content (AvgIpc) is 3.11. The van der Waals surface area contributed by atoms with Crippen molar-refractivity contribution in [1.82, 2.24) is 14.3 Å². The Morgan fingerprint density at radius 2 is 1.97 bits per heavy atom. The van der Waals surface area contributed by atoms with Crippen molar-refractivity contribution in [3.63, 3.8) is 0 Å². The van der Waals surface area contributed by atoms with E-state index in [1.807, 2.05) is 46.5 Å². The van der Waals surface area contributed by atoms with E-state index < -0.39 is 11.4 Å². The van der Waals surface area contributed by atoms with E-state index in [0.717, 1.165) is 22.7 Å². The Labute approximate surface area is 174 Å². The first-order valence-corrected chi connectivity index (χ1v) is 10.0. The standard InChI is InChI=1S/C23H25N3O4/c1-5-30-20-9-7-6-8-14(20)16-10-18-17-11-19(27)15(22(28)29)12-25(17)21(23(2,3)4)13-26(18)24-16/h6-12,21H,5,13H2,1-4H3,(H,28,29)/t21-/m0/s1. The van der Waals surface area contributed by atoms with E-state index in [9.17, 15) is 14.7 Å². The quantitative estimate of drug-likeness (QED) is 0.704. The molecule has 0 radical (unpaired) electrons. The number of carboxylic acids is 1. The van der Waals surface area contributed by atoms with Crippen molar-refractivity contribution in [2.75, 3.05) is 6.61 Å². The van der Waals surface area contributed by atoms with Crippen molar-refractivity contribution < 1.29 is 14.6 Å². The van der Waals surface area contributed by atoms with Gasteiger partial charge in [-0.1, -0.05) is 32.9 Å². The van der Waals surface area contributed by atoms with E-state index in [1.54, 1.807) is 0 Å². The smallest absolute Gasteiger partial charge is 0.341 e. The molecule has 0 saturated carbocycles. The van der Waals surface area contributed by atoms with E-state index in [4.69, 9.17) is 9.84 Å². The third-order valence-corrected chi connectivity index (χ3v) is 5.50. The number of aromatic nitrogens is 3. The topological polar surface area (TPSA) is 86.3 Å². The summed E-state index contributed by atoms with van der Waals surface area (Å²) in [7, 11) is 0. The molecular formula is C23H25N3O4. The predicted molar refractivity (Wildman–Crippen MR) is 114 cm³/mol. The van der Waals surface area contributed by atoms with Gasteiger partial charge < -0.3 is 14.4 Å². The molecule has 1 atom stereocenters. The molecular weight excluding hydrogens is 382 g/mol. The minimum Gasteiger partial charge on any atom is -0.493 e. The maximum absolute atomic E-state index is 12.5. The monoisotopic (exact) mass is 407 g/mol. The number of pyridine rings is 1. The van der Waals surface area contributed by atoms with Gasteiger partial charge in [-0.15, -0.1) is 0 Å². The largest absolute Gasteiger partial charge is 0.493 e. The van der Waals surface area contributed by atoms with Crippen LogP contribution in [-0.2, 0) is 6.54 Å². The van der Waals surface area contributed by atoms with Crippen molar-refractivity contribution >= 4 is 5.97 Å². The molecule has 3 aromatic rings. The number of carboxylic acid groups (broad SMARTS) is 1. The number of nitrogens with zero attached hydrogens (tertiary/aromatic N) is 3. The minimum absolute atomic E-state index is 0.0615. The van der Waals surface area contributed by atoms with Crippen LogP contribution >= 0.6 is 0 Å². The first kappa shape index (κ1) is 19.9. The zero-order valence-corrected chi connectivity index (χ0v) is 17.5. The SMILES string of the molecule is CCOc1ccccc1-c1cc2n(n1)C[C@@H](C(C)(C)C)n1cc(C(=O)O)c(=O)cc1-2. The molecule has 1 aliphatic heterocycles. The van der Waals surface area contributed by atoms with Crippen molar-refractivity contribution in [2.24, 2.45) is 5.41 Å². The molecule has 7 heteroatoms. The molecule has 0 amide bonds. The van der Waals surface area contributed by atoms with Gasteiger partial charge in [0.25, 0.3) is 0 Å². The summed E-state index contributed by atoms with van der Waals surface area (Å²) < 4.78 is 9.58. The lowest BCUT2D eigenvalue weighted by Gasteiger charge is -2.38. The highest BCUT2D eigenvalue weighted by Gasteiger charge is 2.34. The number of hydrogen-bond acceptors (Lipinski definition) is 4. The number of fused-ring (bicyclic) bond motifs is 3. The van der Waals surface area contributed by atoms with Crippen LogP contribution in [0.25, 0.3) is 22.6 Å². The molecule has 0 fully saturated rings. The number of hydrogen-bond donors (Lipinski definition) is 1. The van der Waals surface area contributed by atoms with E-state index in [0.29, 0.717) is 18.8 Å². The summed E-state index contributed by atoms with van der Waals surface area (Å²) in [5.74, 6) is -0.463. The summed E-state index contributed by atoms with van der Waals surface area (Å²) in [6.45, 7) is 9.35. The van der Waals surface area contributed by atoms with Crippen molar-refractivity contribution in [3.8, 4) is 28.4 Å². The molecule has 0 unspecified atom stereocenters. The number of ether oxygens (including phenoxy) is 1. The van der Waals surface area contributed by atoms with Crippen molar-refractivity contribution in [3.05, 3.63) is 58.4 Å². The van der Waals surface area contributed by atoms with Crippen LogP contribution in [0.1, 0.15) is 44.1 Å². The molecule has 1 aliphatic rings. The molecule has 2 aromatic heterocycles. The summed E-state index contributed by atoms with van der Waals surface area (Å²) in [4.78, 5) is 24.0. The Kier molecular flexibility index (Phi) is 4.76. The first-order chi connectivity index (χ1) is 14.2. The second kappa shape index (κ2) is 7.16. The summed E-state index contributed by atoms with van der Waals surface area (Å²) in [6.07, 6.45) is 1.47. The maximum Gasteiger partial charge on any atom is 0.341 e. The Morgan fingerprint density at radius 3 is 2.63 bits per heavy atom. The van der Waals surface area contributed by atoms with Gasteiger partial charge in [0.1, 0.15) is 11.3 Å². The second-order valence-electron chi connectivity index (χ2n) is 8.56. The summed E-state index contributed by atoms with van der Waals surface area (Å²) in [5, 5.41) is 14.3. The fraction of sp³-hybridized carbons (Fsp3) is 0.348. The van der Waals surface area contributed by atoms with Crippen LogP contribution in [0.4, 0.5) is 0 Å². The van der Waals surface area contributed by atoms with Gasteiger partial charge in [-0.3, -0.25) is 9.48 Å². The van der Waals surface area contributed by atoms with Gasteiger partial charge in [-0.25, -0.2) is 4.79 Å². The normalized spacial score (nSPS) is 15.4. The Balaban J connectivity index is 1.93. The molecule has 7 nitrogen and oxygen atoms in total. The van der Waals surface area contributed by atoms with Crippen LogP contribution in [0.15, 0.2) is 47.4 Å². The summed E-state index contributed by atoms with van der Waals surface area (Å²) in [5.41, 5.74) is 2.19. The third kappa shape index (κ3) is 3.30. The molecule has 0 spiro atoms. The first-order valence-electron chi connectivity index (χ1n) is 10.0. The Morgan fingerprint density at radius 1 is 1.23 bits per heavy atom. The number of para-hydroxylation sites is 1. The molecule has 0 aliphatic carbocycles. The lowest BCUT2D eigenvalue weighted by molar-refractivity contribution is 0.0693. The number of carbonyl (C=O) groups is 1. The van der Waals surface area contributed by atoms with Gasteiger partial charge in [0.2, 0.25) is 0 Å². The number of aromatic carboxylic acids is 1. The van der Waals surface area contributed by atoms with E-state index >= 15 is 0 Å². The number of rotatable bonds is 4. The second-order valence-corrected chi connectivity index (χ2v) is 8.56. The fourth-order valence-corrected chi connectivity index (χ4v) is 3.97. The van der Waals surface area contributed by atoms with Gasteiger partial charge in [0.05, 0.1) is 36.3 Å². The van der Waals surface area contributed by atoms with Crippen molar-refractivity contribution in [1.29, 1.82) is 0 Å². The predicted octanol–water partition coefficient (Wildman–Crippen LogP) is 4.08. The highest BCUT2D eigenvalue weighted by Crippen LogP contribution is 2.41. The Bertz CT molecular complexity index is 1180. The lowest BCUT2D eigenvalue weighted by Crippen LogP contribution is -2.35.